The summed E-state index contributed by atoms with van der Waals surface area (Å²) >= 11 is 0. The number of nitrogens with zero attached hydrogens (tertiary/aromatic N) is 1. The highest BCUT2D eigenvalue weighted by atomic mass is 16.5. The Morgan fingerprint density at radius 3 is 2.27 bits per heavy atom. The average Bonchev–Trinajstić information content (AvgIpc) is 3.42. The van der Waals surface area contributed by atoms with E-state index in [1.165, 1.54) is 17.9 Å². The van der Waals surface area contributed by atoms with Gasteiger partial charge >= 0.3 is 5.97 Å². The highest BCUT2D eigenvalue weighted by molar-refractivity contribution is 6.23. The van der Waals surface area contributed by atoms with Crippen molar-refractivity contribution in [3.8, 4) is 5.75 Å². The molecule has 4 atom stereocenters. The van der Waals surface area contributed by atoms with Gasteiger partial charge in [-0.15, -0.1) is 0 Å². The Kier molecular flexibility index (Phi) is 4.17. The summed E-state index contributed by atoms with van der Waals surface area (Å²) in [6.45, 7) is 1.40. The average molecular weight is 401 g/mol. The van der Waals surface area contributed by atoms with E-state index in [1.54, 1.807) is 42.5 Å². The molecule has 2 bridgehead atoms. The number of imide groups is 1. The van der Waals surface area contributed by atoms with Crippen LogP contribution >= 0.6 is 0 Å². The van der Waals surface area contributed by atoms with Gasteiger partial charge in [-0.3, -0.25) is 14.4 Å². The van der Waals surface area contributed by atoms with Gasteiger partial charge in [-0.05, 0) is 55.5 Å². The molecule has 0 spiro atoms. The molecule has 2 fully saturated rings. The number of rotatable bonds is 4. The zero-order chi connectivity index (χ0) is 21.0. The number of benzene rings is 2. The van der Waals surface area contributed by atoms with Crippen LogP contribution in [0, 0.1) is 23.7 Å². The van der Waals surface area contributed by atoms with Gasteiger partial charge < -0.3 is 4.74 Å². The van der Waals surface area contributed by atoms with E-state index >= 15 is 0 Å². The maximum absolute atomic E-state index is 13.0. The fourth-order valence-corrected chi connectivity index (χ4v) is 4.93. The summed E-state index contributed by atoms with van der Waals surface area (Å²) in [5.74, 6) is -1.46. The third-order valence-electron chi connectivity index (χ3n) is 6.28. The largest absolute Gasteiger partial charge is 0.422 e. The molecule has 1 saturated carbocycles. The Labute approximate surface area is 173 Å². The predicted molar refractivity (Wildman–Crippen MR) is 108 cm³/mol. The predicted octanol–water partition coefficient (Wildman–Crippen LogP) is 3.42. The first kappa shape index (κ1) is 18.5. The number of anilines is 1. The third kappa shape index (κ3) is 2.71. The van der Waals surface area contributed by atoms with Crippen molar-refractivity contribution in [2.45, 2.75) is 13.3 Å². The molecule has 2 aliphatic carbocycles. The number of para-hydroxylation sites is 1. The molecule has 1 aliphatic heterocycles. The summed E-state index contributed by atoms with van der Waals surface area (Å²) in [6.07, 6.45) is 4.95. The van der Waals surface area contributed by atoms with Gasteiger partial charge in [0, 0.05) is 0 Å². The van der Waals surface area contributed by atoms with Crippen LogP contribution in [-0.2, 0) is 9.59 Å². The monoisotopic (exact) mass is 401 g/mol. The van der Waals surface area contributed by atoms with Gasteiger partial charge in [-0.2, -0.15) is 0 Å². The van der Waals surface area contributed by atoms with Gasteiger partial charge in [0.25, 0.3) is 0 Å². The quantitative estimate of drug-likeness (QED) is 0.258. The second-order valence-electron chi connectivity index (χ2n) is 8.00. The smallest absolute Gasteiger partial charge is 0.343 e. The Morgan fingerprint density at radius 1 is 0.933 bits per heavy atom. The van der Waals surface area contributed by atoms with Crippen LogP contribution in [0.15, 0.2) is 60.7 Å². The lowest BCUT2D eigenvalue weighted by molar-refractivity contribution is -0.123. The van der Waals surface area contributed by atoms with Crippen molar-refractivity contribution in [3.05, 3.63) is 71.8 Å². The first-order chi connectivity index (χ1) is 14.5. The molecule has 0 N–H and O–H groups in total. The number of amides is 2. The first-order valence-corrected chi connectivity index (χ1v) is 9.94. The SMILES string of the molecule is CC(=O)c1ccccc1OC(=O)c1cccc(N2C(=O)[C@@H]3[C@H](C2=O)[C@H]2C=C[C@@H]3C2)c1. The summed E-state index contributed by atoms with van der Waals surface area (Å²) in [5.41, 5.74) is 0.875. The normalized spacial score (nSPS) is 26.2. The van der Waals surface area contributed by atoms with Crippen LogP contribution in [0.2, 0.25) is 0 Å². The third-order valence-corrected chi connectivity index (χ3v) is 6.28. The van der Waals surface area contributed by atoms with Crippen molar-refractivity contribution in [1.29, 1.82) is 0 Å². The number of ether oxygens (including phenoxy) is 1. The van der Waals surface area contributed by atoms with E-state index in [1.807, 2.05) is 12.2 Å². The molecular weight excluding hydrogens is 382 g/mol. The molecule has 3 aliphatic rings. The molecule has 2 amide bonds. The van der Waals surface area contributed by atoms with Crippen LogP contribution in [0.3, 0.4) is 0 Å². The van der Waals surface area contributed by atoms with Crippen molar-refractivity contribution < 1.29 is 23.9 Å². The summed E-state index contributed by atoms with van der Waals surface area (Å²) in [5, 5.41) is 0. The fourth-order valence-electron chi connectivity index (χ4n) is 4.93. The molecule has 0 unspecified atom stereocenters. The second-order valence-corrected chi connectivity index (χ2v) is 8.00. The lowest BCUT2D eigenvalue weighted by Gasteiger charge is -2.18. The molecule has 1 heterocycles. The Bertz CT molecular complexity index is 1100. The summed E-state index contributed by atoms with van der Waals surface area (Å²) in [7, 11) is 0. The van der Waals surface area contributed by atoms with E-state index in [4.69, 9.17) is 4.74 Å². The summed E-state index contributed by atoms with van der Waals surface area (Å²) in [4.78, 5) is 51.7. The maximum Gasteiger partial charge on any atom is 0.343 e. The number of carbonyl (C=O) groups excluding carboxylic acids is 4. The Morgan fingerprint density at radius 2 is 1.60 bits per heavy atom. The van der Waals surface area contributed by atoms with Crippen molar-refractivity contribution in [2.24, 2.45) is 23.7 Å². The molecule has 5 rings (SSSR count). The van der Waals surface area contributed by atoms with E-state index in [2.05, 4.69) is 0 Å². The van der Waals surface area contributed by atoms with Gasteiger partial charge in [0.2, 0.25) is 11.8 Å². The highest BCUT2D eigenvalue weighted by Crippen LogP contribution is 2.53. The van der Waals surface area contributed by atoms with E-state index < -0.39 is 5.97 Å². The maximum atomic E-state index is 13.0. The molecule has 0 radical (unpaired) electrons. The molecule has 30 heavy (non-hydrogen) atoms. The zero-order valence-electron chi connectivity index (χ0n) is 16.3. The molecular formula is C24H19NO5. The minimum Gasteiger partial charge on any atom is -0.422 e. The Balaban J connectivity index is 1.42. The molecule has 2 aromatic carbocycles. The number of ketones is 1. The molecule has 150 valence electrons. The van der Waals surface area contributed by atoms with Crippen molar-refractivity contribution in [2.75, 3.05) is 4.90 Å². The van der Waals surface area contributed by atoms with Gasteiger partial charge in [0.15, 0.2) is 5.78 Å². The molecule has 2 aromatic rings. The molecule has 1 saturated heterocycles. The number of hydrogen-bond acceptors (Lipinski definition) is 5. The van der Waals surface area contributed by atoms with Crippen LogP contribution in [0.1, 0.15) is 34.1 Å². The minimum absolute atomic E-state index is 0.123. The van der Waals surface area contributed by atoms with E-state index in [-0.39, 0.29) is 52.6 Å². The standard InChI is InChI=1S/C24H19NO5/c1-13(26)18-7-2-3-8-19(18)30-24(29)16-5-4-6-17(12-16)25-22(27)20-14-9-10-15(11-14)21(20)23(25)28/h2-10,12,14-15,20-21H,11H2,1H3/t14-,15+,20+,21-. The number of hydrogen-bond donors (Lipinski definition) is 0. The van der Waals surface area contributed by atoms with Crippen LogP contribution in [0.5, 0.6) is 5.75 Å². The van der Waals surface area contributed by atoms with Crippen LogP contribution in [0.25, 0.3) is 0 Å². The summed E-state index contributed by atoms with van der Waals surface area (Å²) < 4.78 is 5.42. The Hall–Kier alpha value is -3.54. The number of fused-ring (bicyclic) bond motifs is 5. The zero-order valence-corrected chi connectivity index (χ0v) is 16.3. The topological polar surface area (TPSA) is 80.8 Å². The van der Waals surface area contributed by atoms with E-state index in [9.17, 15) is 19.2 Å². The van der Waals surface area contributed by atoms with Gasteiger partial charge in [0.1, 0.15) is 5.75 Å². The van der Waals surface area contributed by atoms with Gasteiger partial charge in [-0.25, -0.2) is 9.69 Å². The van der Waals surface area contributed by atoms with Crippen molar-refractivity contribution >= 4 is 29.3 Å². The molecule has 0 aromatic heterocycles. The van der Waals surface area contributed by atoms with Crippen LogP contribution in [-0.4, -0.2) is 23.6 Å². The van der Waals surface area contributed by atoms with Crippen molar-refractivity contribution in [1.82, 2.24) is 0 Å². The van der Waals surface area contributed by atoms with E-state index in [0.29, 0.717) is 11.3 Å². The lowest BCUT2D eigenvalue weighted by Crippen LogP contribution is -2.33. The van der Waals surface area contributed by atoms with Crippen molar-refractivity contribution in [3.63, 3.8) is 0 Å². The number of Topliss-reactive ketones (excluding diaryl/α,β-unsaturated/α-hetero) is 1. The number of allylic oxidation sites excluding steroid dienone is 2. The first-order valence-electron chi connectivity index (χ1n) is 9.94. The lowest BCUT2D eigenvalue weighted by atomic mass is 9.85. The second kappa shape index (κ2) is 6.76. The molecule has 6 heteroatoms. The highest BCUT2D eigenvalue weighted by Gasteiger charge is 2.59. The van der Waals surface area contributed by atoms with Crippen LogP contribution in [0.4, 0.5) is 5.69 Å². The van der Waals surface area contributed by atoms with Gasteiger partial charge in [0.05, 0.1) is 28.7 Å². The number of esters is 1. The van der Waals surface area contributed by atoms with E-state index in [0.717, 1.165) is 6.42 Å². The van der Waals surface area contributed by atoms with Gasteiger partial charge in [-0.1, -0.05) is 30.4 Å². The summed E-state index contributed by atoms with van der Waals surface area (Å²) in [6, 6.07) is 12.8. The van der Waals surface area contributed by atoms with Crippen LogP contribution < -0.4 is 9.64 Å². The minimum atomic E-state index is -0.661. The molecule has 6 nitrogen and oxygen atoms in total. The number of carbonyl (C=O) groups is 4. The fraction of sp³-hybridized carbons (Fsp3) is 0.250.